The molecule has 3 aromatic rings. The van der Waals surface area contributed by atoms with Crippen molar-refractivity contribution in [3.05, 3.63) is 52.3 Å². The van der Waals surface area contributed by atoms with E-state index in [1.54, 1.807) is 20.2 Å². The lowest BCUT2D eigenvalue weighted by atomic mass is 10.1. The van der Waals surface area contributed by atoms with Gasteiger partial charge in [0.2, 0.25) is 0 Å². The first-order valence-corrected chi connectivity index (χ1v) is 11.2. The summed E-state index contributed by atoms with van der Waals surface area (Å²) in [5, 5.41) is -0.235. The minimum atomic E-state index is -0.235. The highest BCUT2D eigenvalue weighted by molar-refractivity contribution is 7.13. The predicted octanol–water partition coefficient (Wildman–Crippen LogP) is 3.99. The molecule has 0 atom stereocenters. The Bertz CT molecular complexity index is 1160. The zero-order chi connectivity index (χ0) is 21.5. The monoisotopic (exact) mass is 438 g/mol. The highest BCUT2D eigenvalue weighted by Crippen LogP contribution is 2.41. The molecule has 0 saturated carbocycles. The van der Waals surface area contributed by atoms with Crippen LogP contribution in [0.1, 0.15) is 23.2 Å². The van der Waals surface area contributed by atoms with Gasteiger partial charge >= 0.3 is 0 Å². The Morgan fingerprint density at radius 3 is 2.84 bits per heavy atom. The highest BCUT2D eigenvalue weighted by atomic mass is 32.1. The zero-order valence-corrected chi connectivity index (χ0v) is 18.3. The number of thiophene rings is 1. The third-order valence-corrected chi connectivity index (χ3v) is 6.64. The largest absolute Gasteiger partial charge is 0.484 e. The number of nitrogens with zero attached hydrogens (tertiary/aromatic N) is 4. The number of aromatic nitrogens is 2. The van der Waals surface area contributed by atoms with Gasteiger partial charge in [-0.25, -0.2) is 9.97 Å². The number of likely N-dealkylation sites (N-methyl/N-ethyl adjacent to an activating group) is 1. The van der Waals surface area contributed by atoms with Crippen LogP contribution in [0.3, 0.4) is 0 Å². The maximum Gasteiger partial charge on any atom is 0.259 e. The number of hydrogen-bond acceptors (Lipinski definition) is 6. The molecule has 0 bridgehead atoms. The molecule has 0 saturated heterocycles. The molecule has 0 radical (unpaired) electrons. The summed E-state index contributed by atoms with van der Waals surface area (Å²) in [5.74, 6) is 2.07. The van der Waals surface area contributed by atoms with Crippen molar-refractivity contribution in [2.75, 3.05) is 32.1 Å². The Labute approximate surface area is 184 Å². The van der Waals surface area contributed by atoms with E-state index in [1.165, 1.54) is 22.1 Å². The fraction of sp³-hybridized carbons (Fsp3) is 0.348. The van der Waals surface area contributed by atoms with E-state index in [0.717, 1.165) is 65.6 Å². The van der Waals surface area contributed by atoms with Crippen LogP contribution in [0.2, 0.25) is 0 Å². The van der Waals surface area contributed by atoms with Crippen LogP contribution in [0.15, 0.2) is 30.3 Å². The number of fused-ring (bicyclic) bond motifs is 2. The van der Waals surface area contributed by atoms with Crippen LogP contribution in [0.4, 0.5) is 15.9 Å². The molecule has 0 fully saturated rings. The molecule has 1 aliphatic heterocycles. The Balaban J connectivity index is 1.50. The van der Waals surface area contributed by atoms with Gasteiger partial charge in [-0.15, -0.1) is 11.3 Å². The van der Waals surface area contributed by atoms with Gasteiger partial charge in [-0.05, 0) is 49.4 Å². The van der Waals surface area contributed by atoms with E-state index in [1.807, 2.05) is 12.1 Å². The molecule has 2 aliphatic rings. The van der Waals surface area contributed by atoms with Crippen molar-refractivity contribution >= 4 is 28.7 Å². The number of aryl methyl sites for hydroxylation is 1. The number of ether oxygens (including phenoxy) is 1. The van der Waals surface area contributed by atoms with Crippen LogP contribution >= 0.6 is 11.3 Å². The van der Waals surface area contributed by atoms with Gasteiger partial charge in [-0.1, -0.05) is 6.07 Å². The van der Waals surface area contributed by atoms with Gasteiger partial charge in [0.25, 0.3) is 5.91 Å². The van der Waals surface area contributed by atoms with Crippen molar-refractivity contribution in [3.63, 3.8) is 0 Å². The standard InChI is InChI=1S/C23H23FN4O2S/c1-27(2)21(29)13-30-15-7-6-14-10-11-28(18(14)12-15)23-16-4-3-5-17(16)25-22(26-23)19-8-9-20(24)31-19/h6-9,12H,3-5,10-11,13H2,1-2H3. The minimum absolute atomic E-state index is 0.00276. The Hall–Kier alpha value is -3.00. The highest BCUT2D eigenvalue weighted by Gasteiger charge is 2.29. The lowest BCUT2D eigenvalue weighted by Gasteiger charge is -2.22. The summed E-state index contributed by atoms with van der Waals surface area (Å²) in [6.07, 6.45) is 3.83. The number of halogens is 1. The molecule has 2 aromatic heterocycles. The molecule has 0 unspecified atom stereocenters. The summed E-state index contributed by atoms with van der Waals surface area (Å²) in [5.41, 5.74) is 4.51. The summed E-state index contributed by atoms with van der Waals surface area (Å²) in [6, 6.07) is 9.16. The van der Waals surface area contributed by atoms with E-state index < -0.39 is 0 Å². The van der Waals surface area contributed by atoms with Crippen LogP contribution in [0, 0.1) is 5.13 Å². The maximum atomic E-state index is 13.6. The number of anilines is 2. The molecule has 0 spiro atoms. The molecule has 31 heavy (non-hydrogen) atoms. The number of carbonyl (C=O) groups is 1. The average Bonchev–Trinajstić information content (AvgIpc) is 3.50. The SMILES string of the molecule is CN(C)C(=O)COc1ccc2c(c1)N(c1nc(-c3ccc(F)s3)nc3c1CCC3)CC2. The van der Waals surface area contributed by atoms with Crippen molar-refractivity contribution in [1.29, 1.82) is 0 Å². The second-order valence-corrected chi connectivity index (χ2v) is 9.06. The third-order valence-electron chi connectivity index (χ3n) is 5.77. The maximum absolute atomic E-state index is 13.6. The van der Waals surface area contributed by atoms with E-state index in [2.05, 4.69) is 11.0 Å². The number of rotatable bonds is 5. The number of carbonyl (C=O) groups excluding carboxylic acids is 1. The lowest BCUT2D eigenvalue weighted by molar-refractivity contribution is -0.130. The van der Waals surface area contributed by atoms with Crippen molar-refractivity contribution in [2.45, 2.75) is 25.7 Å². The molecule has 1 aliphatic carbocycles. The van der Waals surface area contributed by atoms with E-state index in [9.17, 15) is 9.18 Å². The number of amides is 1. The number of hydrogen-bond donors (Lipinski definition) is 0. The van der Waals surface area contributed by atoms with E-state index in [0.29, 0.717) is 11.6 Å². The molecule has 6 nitrogen and oxygen atoms in total. The van der Waals surface area contributed by atoms with Crippen molar-refractivity contribution in [1.82, 2.24) is 14.9 Å². The smallest absolute Gasteiger partial charge is 0.259 e. The van der Waals surface area contributed by atoms with Crippen LogP contribution < -0.4 is 9.64 Å². The Kier molecular flexibility index (Phi) is 5.09. The molecule has 0 N–H and O–H groups in total. The van der Waals surface area contributed by atoms with Crippen molar-refractivity contribution in [3.8, 4) is 16.5 Å². The van der Waals surface area contributed by atoms with Crippen molar-refractivity contribution in [2.24, 2.45) is 0 Å². The summed E-state index contributed by atoms with van der Waals surface area (Å²) in [4.78, 5) is 26.0. The topological polar surface area (TPSA) is 58.6 Å². The molecule has 1 amide bonds. The average molecular weight is 439 g/mol. The molecular weight excluding hydrogens is 415 g/mol. The second-order valence-electron chi connectivity index (χ2n) is 8.02. The zero-order valence-electron chi connectivity index (χ0n) is 17.5. The fourth-order valence-electron chi connectivity index (χ4n) is 4.12. The first-order chi connectivity index (χ1) is 15.0. The van der Waals surface area contributed by atoms with Gasteiger partial charge in [0.1, 0.15) is 11.6 Å². The van der Waals surface area contributed by atoms with Gasteiger partial charge in [0, 0.05) is 43.7 Å². The lowest BCUT2D eigenvalue weighted by Crippen LogP contribution is -2.27. The molecule has 1 aromatic carbocycles. The molecule has 8 heteroatoms. The van der Waals surface area contributed by atoms with E-state index in [4.69, 9.17) is 14.7 Å². The summed E-state index contributed by atoms with van der Waals surface area (Å²) in [7, 11) is 3.42. The summed E-state index contributed by atoms with van der Waals surface area (Å²) >= 11 is 1.07. The fourth-order valence-corrected chi connectivity index (χ4v) is 4.79. The quantitative estimate of drug-likeness (QED) is 0.603. The van der Waals surface area contributed by atoms with E-state index in [-0.39, 0.29) is 17.6 Å². The van der Waals surface area contributed by atoms with Crippen molar-refractivity contribution < 1.29 is 13.9 Å². The Morgan fingerprint density at radius 2 is 2.06 bits per heavy atom. The summed E-state index contributed by atoms with van der Waals surface area (Å²) < 4.78 is 19.4. The molecule has 3 heterocycles. The number of benzene rings is 1. The first kappa shape index (κ1) is 19.9. The Morgan fingerprint density at radius 1 is 1.19 bits per heavy atom. The van der Waals surface area contributed by atoms with Gasteiger partial charge in [-0.2, -0.15) is 4.39 Å². The summed E-state index contributed by atoms with van der Waals surface area (Å²) in [6.45, 7) is 0.819. The van der Waals surface area contributed by atoms with E-state index >= 15 is 0 Å². The molecular formula is C23H23FN4O2S. The van der Waals surface area contributed by atoms with Crippen LogP contribution in [0.25, 0.3) is 10.7 Å². The van der Waals surface area contributed by atoms with Crippen LogP contribution in [0.5, 0.6) is 5.75 Å². The normalized spacial score (nSPS) is 14.5. The molecule has 160 valence electrons. The second kappa shape index (κ2) is 7.92. The van der Waals surface area contributed by atoms with Gasteiger partial charge in [0.15, 0.2) is 17.6 Å². The predicted molar refractivity (Wildman–Crippen MR) is 119 cm³/mol. The van der Waals surface area contributed by atoms with Crippen LogP contribution in [-0.4, -0.2) is 48.0 Å². The minimum Gasteiger partial charge on any atom is -0.484 e. The van der Waals surface area contributed by atoms with Crippen LogP contribution in [-0.2, 0) is 24.1 Å². The first-order valence-electron chi connectivity index (χ1n) is 10.4. The molecule has 5 rings (SSSR count). The van der Waals surface area contributed by atoms with Gasteiger partial charge in [-0.3, -0.25) is 4.79 Å². The van der Waals surface area contributed by atoms with Gasteiger partial charge in [0.05, 0.1) is 4.88 Å². The van der Waals surface area contributed by atoms with Gasteiger partial charge < -0.3 is 14.5 Å². The third kappa shape index (κ3) is 3.76.